The Morgan fingerprint density at radius 3 is 2.68 bits per heavy atom. The molecule has 0 saturated heterocycles. The molecular weight excluding hydrogens is 318 g/mol. The molecule has 0 aliphatic heterocycles. The summed E-state index contributed by atoms with van der Waals surface area (Å²) in [4.78, 5) is 16.4. The number of methoxy groups -OCH3 is 2. The summed E-state index contributed by atoms with van der Waals surface area (Å²) in [5.41, 5.74) is 3.35. The maximum absolute atomic E-state index is 11.7. The number of imidazole rings is 1. The molecule has 1 heterocycles. The standard InChI is InChI=1S/C19H21N3O3/c1-24-11-10-22-17-9-8-15(18(23)25-2)12-16(17)21-19(22)20-13-14-6-4-3-5-7-14/h3-9,12H,10-11,13H2,1-2H3,(H,20,21). The molecule has 0 bridgehead atoms. The van der Waals surface area contributed by atoms with Crippen LogP contribution in [0.25, 0.3) is 11.0 Å². The van der Waals surface area contributed by atoms with Crippen LogP contribution >= 0.6 is 0 Å². The Morgan fingerprint density at radius 1 is 1.16 bits per heavy atom. The van der Waals surface area contributed by atoms with Crippen LogP contribution in [0.3, 0.4) is 0 Å². The molecule has 0 unspecified atom stereocenters. The Kier molecular flexibility index (Phi) is 5.30. The van der Waals surface area contributed by atoms with Gasteiger partial charge in [0, 0.05) is 20.2 Å². The average molecular weight is 339 g/mol. The Balaban J connectivity index is 1.92. The van der Waals surface area contributed by atoms with Gasteiger partial charge in [-0.05, 0) is 23.8 Å². The number of anilines is 1. The van der Waals surface area contributed by atoms with Gasteiger partial charge < -0.3 is 19.4 Å². The maximum atomic E-state index is 11.7. The molecule has 1 aromatic heterocycles. The third kappa shape index (κ3) is 3.80. The van der Waals surface area contributed by atoms with Crippen molar-refractivity contribution in [3.05, 3.63) is 59.7 Å². The van der Waals surface area contributed by atoms with E-state index in [1.54, 1.807) is 19.2 Å². The number of benzene rings is 2. The fourth-order valence-corrected chi connectivity index (χ4v) is 2.70. The molecule has 0 aliphatic rings. The highest BCUT2D eigenvalue weighted by molar-refractivity contribution is 5.94. The van der Waals surface area contributed by atoms with Gasteiger partial charge >= 0.3 is 5.97 Å². The molecule has 25 heavy (non-hydrogen) atoms. The van der Waals surface area contributed by atoms with Gasteiger partial charge in [-0.1, -0.05) is 30.3 Å². The van der Waals surface area contributed by atoms with Crippen molar-refractivity contribution in [2.75, 3.05) is 26.1 Å². The van der Waals surface area contributed by atoms with E-state index in [2.05, 4.69) is 27.0 Å². The van der Waals surface area contributed by atoms with E-state index in [4.69, 9.17) is 9.47 Å². The predicted octanol–water partition coefficient (Wildman–Crippen LogP) is 3.08. The number of hydrogen-bond donors (Lipinski definition) is 1. The van der Waals surface area contributed by atoms with Crippen LogP contribution in [0.15, 0.2) is 48.5 Å². The summed E-state index contributed by atoms with van der Waals surface area (Å²) in [5, 5.41) is 3.37. The summed E-state index contributed by atoms with van der Waals surface area (Å²) in [6, 6.07) is 15.5. The molecule has 1 N–H and O–H groups in total. The Labute approximate surface area is 146 Å². The first-order valence-corrected chi connectivity index (χ1v) is 8.08. The number of rotatable bonds is 7. The second-order valence-electron chi connectivity index (χ2n) is 5.61. The van der Waals surface area contributed by atoms with E-state index < -0.39 is 0 Å². The smallest absolute Gasteiger partial charge is 0.337 e. The minimum absolute atomic E-state index is 0.368. The topological polar surface area (TPSA) is 65.4 Å². The van der Waals surface area contributed by atoms with E-state index in [0.717, 1.165) is 17.0 Å². The zero-order chi connectivity index (χ0) is 17.6. The maximum Gasteiger partial charge on any atom is 0.337 e. The molecular formula is C19H21N3O3. The fourth-order valence-electron chi connectivity index (χ4n) is 2.70. The van der Waals surface area contributed by atoms with E-state index >= 15 is 0 Å². The van der Waals surface area contributed by atoms with Gasteiger partial charge in [-0.3, -0.25) is 0 Å². The normalized spacial score (nSPS) is 10.8. The first kappa shape index (κ1) is 17.0. The van der Waals surface area contributed by atoms with E-state index in [1.807, 2.05) is 24.3 Å². The van der Waals surface area contributed by atoms with Crippen molar-refractivity contribution in [3.63, 3.8) is 0 Å². The number of carbonyl (C=O) groups excluding carboxylic acids is 1. The molecule has 130 valence electrons. The molecule has 2 aromatic carbocycles. The van der Waals surface area contributed by atoms with Crippen molar-refractivity contribution in [1.82, 2.24) is 9.55 Å². The largest absolute Gasteiger partial charge is 0.465 e. The minimum atomic E-state index is -0.368. The van der Waals surface area contributed by atoms with Crippen molar-refractivity contribution < 1.29 is 14.3 Å². The number of nitrogens with one attached hydrogen (secondary N) is 1. The van der Waals surface area contributed by atoms with Crippen molar-refractivity contribution in [1.29, 1.82) is 0 Å². The zero-order valence-corrected chi connectivity index (χ0v) is 14.4. The lowest BCUT2D eigenvalue weighted by molar-refractivity contribution is 0.0601. The monoisotopic (exact) mass is 339 g/mol. The average Bonchev–Trinajstić information content (AvgIpc) is 3.01. The van der Waals surface area contributed by atoms with Gasteiger partial charge in [0.05, 0.1) is 30.3 Å². The highest BCUT2D eigenvalue weighted by Gasteiger charge is 2.13. The molecule has 6 heteroatoms. The number of hydrogen-bond acceptors (Lipinski definition) is 5. The highest BCUT2D eigenvalue weighted by Crippen LogP contribution is 2.22. The quantitative estimate of drug-likeness (QED) is 0.670. The van der Waals surface area contributed by atoms with Crippen LogP contribution in [0.2, 0.25) is 0 Å². The number of carbonyl (C=O) groups is 1. The van der Waals surface area contributed by atoms with Crippen molar-refractivity contribution in [2.24, 2.45) is 0 Å². The van der Waals surface area contributed by atoms with Crippen LogP contribution in [0.4, 0.5) is 5.95 Å². The summed E-state index contributed by atoms with van der Waals surface area (Å²) >= 11 is 0. The van der Waals surface area contributed by atoms with Crippen LogP contribution in [-0.2, 0) is 22.6 Å². The number of ether oxygens (including phenoxy) is 2. The van der Waals surface area contributed by atoms with Crippen LogP contribution < -0.4 is 5.32 Å². The van der Waals surface area contributed by atoms with Crippen molar-refractivity contribution in [3.8, 4) is 0 Å². The van der Waals surface area contributed by atoms with Crippen LogP contribution in [0, 0.1) is 0 Å². The Bertz CT molecular complexity index is 859. The van der Waals surface area contributed by atoms with Gasteiger partial charge in [0.1, 0.15) is 0 Å². The number of fused-ring (bicyclic) bond motifs is 1. The Hall–Kier alpha value is -2.86. The lowest BCUT2D eigenvalue weighted by atomic mass is 10.2. The second-order valence-corrected chi connectivity index (χ2v) is 5.61. The summed E-state index contributed by atoms with van der Waals surface area (Å²) in [6.07, 6.45) is 0. The van der Waals surface area contributed by atoms with Crippen molar-refractivity contribution >= 4 is 23.0 Å². The molecule has 6 nitrogen and oxygen atoms in total. The van der Waals surface area contributed by atoms with Gasteiger partial charge in [0.2, 0.25) is 5.95 Å². The molecule has 0 radical (unpaired) electrons. The van der Waals surface area contributed by atoms with Gasteiger partial charge in [0.15, 0.2) is 0 Å². The van der Waals surface area contributed by atoms with E-state index in [9.17, 15) is 4.79 Å². The Morgan fingerprint density at radius 2 is 1.96 bits per heavy atom. The number of aromatic nitrogens is 2. The molecule has 3 rings (SSSR count). The molecule has 0 spiro atoms. The third-order valence-corrected chi connectivity index (χ3v) is 3.98. The molecule has 3 aromatic rings. The van der Waals surface area contributed by atoms with Gasteiger partial charge in [-0.2, -0.15) is 0 Å². The first-order valence-electron chi connectivity index (χ1n) is 8.08. The van der Waals surface area contributed by atoms with Gasteiger partial charge in [-0.15, -0.1) is 0 Å². The van der Waals surface area contributed by atoms with E-state index in [0.29, 0.717) is 25.3 Å². The SMILES string of the molecule is COCCn1c(NCc2ccccc2)nc2cc(C(=O)OC)ccc21. The summed E-state index contributed by atoms with van der Waals surface area (Å²) in [7, 11) is 3.04. The predicted molar refractivity (Wildman–Crippen MR) is 96.7 cm³/mol. The zero-order valence-electron chi connectivity index (χ0n) is 14.4. The molecule has 0 aliphatic carbocycles. The number of esters is 1. The van der Waals surface area contributed by atoms with Crippen LogP contribution in [0.5, 0.6) is 0 Å². The van der Waals surface area contributed by atoms with Gasteiger partial charge in [-0.25, -0.2) is 9.78 Å². The lowest BCUT2D eigenvalue weighted by Gasteiger charge is -2.10. The molecule has 0 fully saturated rings. The molecule has 0 amide bonds. The minimum Gasteiger partial charge on any atom is -0.465 e. The molecule has 0 saturated carbocycles. The summed E-state index contributed by atoms with van der Waals surface area (Å²) in [5.74, 6) is 0.380. The van der Waals surface area contributed by atoms with Gasteiger partial charge in [0.25, 0.3) is 0 Å². The summed E-state index contributed by atoms with van der Waals surface area (Å²) in [6.45, 7) is 1.91. The third-order valence-electron chi connectivity index (χ3n) is 3.98. The van der Waals surface area contributed by atoms with Crippen LogP contribution in [0.1, 0.15) is 15.9 Å². The van der Waals surface area contributed by atoms with E-state index in [1.165, 1.54) is 12.7 Å². The summed E-state index contributed by atoms with van der Waals surface area (Å²) < 4.78 is 12.1. The van der Waals surface area contributed by atoms with E-state index in [-0.39, 0.29) is 5.97 Å². The number of nitrogens with zero attached hydrogens (tertiary/aromatic N) is 2. The van der Waals surface area contributed by atoms with Crippen molar-refractivity contribution in [2.45, 2.75) is 13.1 Å². The second kappa shape index (κ2) is 7.81. The molecule has 0 atom stereocenters. The highest BCUT2D eigenvalue weighted by atomic mass is 16.5. The van der Waals surface area contributed by atoms with Crippen LogP contribution in [-0.4, -0.2) is 36.3 Å². The lowest BCUT2D eigenvalue weighted by Crippen LogP contribution is -2.10. The first-order chi connectivity index (χ1) is 12.2. The fraction of sp³-hybridized carbons (Fsp3) is 0.263.